The molecule has 0 bridgehead atoms. The van der Waals surface area contributed by atoms with E-state index >= 15 is 0 Å². The molecule has 2 aliphatic heterocycles. The van der Waals surface area contributed by atoms with Crippen molar-refractivity contribution >= 4 is 17.3 Å². The van der Waals surface area contributed by atoms with Gasteiger partial charge in [-0.3, -0.25) is 9.79 Å². The molecule has 0 saturated carbocycles. The Labute approximate surface area is 187 Å². The normalized spacial score (nSPS) is 18.5. The van der Waals surface area contributed by atoms with E-state index in [2.05, 4.69) is 10.3 Å². The van der Waals surface area contributed by atoms with Gasteiger partial charge >= 0.3 is 0 Å². The number of nitrogens with zero attached hydrogens (tertiary/aromatic N) is 2. The molecule has 0 saturated heterocycles. The Balaban J connectivity index is 1.66. The van der Waals surface area contributed by atoms with Crippen molar-refractivity contribution in [2.45, 2.75) is 32.4 Å². The maximum absolute atomic E-state index is 14.5. The molecule has 2 aliphatic rings. The van der Waals surface area contributed by atoms with Crippen LogP contribution in [0.15, 0.2) is 59.2 Å². The summed E-state index contributed by atoms with van der Waals surface area (Å²) in [5.41, 5.74) is 0.351. The van der Waals surface area contributed by atoms with Gasteiger partial charge in [0.25, 0.3) is 12.3 Å². The minimum Gasteiger partial charge on any atom is -0.505 e. The molecule has 0 spiro atoms. The molecule has 9 heteroatoms. The number of amidine groups is 1. The molecule has 2 N–H and O–H groups in total. The smallest absolute Gasteiger partial charge is 0.266 e. The predicted molar refractivity (Wildman–Crippen MR) is 116 cm³/mol. The van der Waals surface area contributed by atoms with E-state index in [0.717, 1.165) is 12.1 Å². The van der Waals surface area contributed by atoms with Crippen LogP contribution in [0.5, 0.6) is 5.75 Å². The Morgan fingerprint density at radius 2 is 1.94 bits per heavy atom. The lowest BCUT2D eigenvalue weighted by atomic mass is 9.98. The summed E-state index contributed by atoms with van der Waals surface area (Å²) in [4.78, 5) is 19.4. The number of allylic oxidation sites excluding steroid dienone is 2. The first-order valence-corrected chi connectivity index (χ1v) is 10.3. The first kappa shape index (κ1) is 22.6. The summed E-state index contributed by atoms with van der Waals surface area (Å²) in [5, 5.41) is 12.1. The predicted octanol–water partition coefficient (Wildman–Crippen LogP) is 4.87. The average Bonchev–Trinajstić information content (AvgIpc) is 3.14. The molecule has 0 fully saturated rings. The van der Waals surface area contributed by atoms with Crippen LogP contribution in [-0.2, 0) is 4.79 Å². The highest BCUT2D eigenvalue weighted by Gasteiger charge is 2.32. The summed E-state index contributed by atoms with van der Waals surface area (Å²) >= 11 is 0. The van der Waals surface area contributed by atoms with Gasteiger partial charge < -0.3 is 15.3 Å². The highest BCUT2D eigenvalue weighted by molar-refractivity contribution is 6.24. The number of carbonyl (C=O) groups is 1. The van der Waals surface area contributed by atoms with Gasteiger partial charge in [-0.1, -0.05) is 24.3 Å². The van der Waals surface area contributed by atoms with Crippen LogP contribution in [0.3, 0.4) is 0 Å². The summed E-state index contributed by atoms with van der Waals surface area (Å²) < 4.78 is 54.6. The summed E-state index contributed by atoms with van der Waals surface area (Å²) in [5.74, 6) is -2.52. The fourth-order valence-corrected chi connectivity index (χ4v) is 3.89. The topological polar surface area (TPSA) is 64.9 Å². The van der Waals surface area contributed by atoms with Crippen molar-refractivity contribution in [2.24, 2.45) is 4.99 Å². The van der Waals surface area contributed by atoms with Crippen LogP contribution < -0.4 is 5.32 Å². The fourth-order valence-electron chi connectivity index (χ4n) is 3.89. The summed E-state index contributed by atoms with van der Waals surface area (Å²) in [6.07, 6.45) is 0.294. The van der Waals surface area contributed by atoms with E-state index in [4.69, 9.17) is 0 Å². The van der Waals surface area contributed by atoms with Crippen LogP contribution in [0.1, 0.15) is 43.0 Å². The van der Waals surface area contributed by atoms with Gasteiger partial charge in [0.2, 0.25) is 0 Å². The first-order valence-electron chi connectivity index (χ1n) is 10.3. The van der Waals surface area contributed by atoms with Crippen molar-refractivity contribution in [3.63, 3.8) is 0 Å². The van der Waals surface area contributed by atoms with Gasteiger partial charge in [0.05, 0.1) is 23.2 Å². The van der Waals surface area contributed by atoms with Gasteiger partial charge in [0.1, 0.15) is 11.7 Å². The van der Waals surface area contributed by atoms with Crippen molar-refractivity contribution in [2.75, 3.05) is 6.54 Å². The first-order chi connectivity index (χ1) is 15.7. The van der Waals surface area contributed by atoms with Crippen LogP contribution in [0.2, 0.25) is 0 Å². The Bertz CT molecular complexity index is 1210. The molecule has 2 aromatic rings. The number of aliphatic imine (C=N–C) groups is 1. The van der Waals surface area contributed by atoms with E-state index in [1.54, 1.807) is 11.1 Å². The number of benzene rings is 2. The molecule has 2 atom stereocenters. The van der Waals surface area contributed by atoms with E-state index < -0.39 is 41.3 Å². The van der Waals surface area contributed by atoms with Crippen molar-refractivity contribution in [1.82, 2.24) is 10.2 Å². The summed E-state index contributed by atoms with van der Waals surface area (Å²) in [6.45, 7) is 3.88. The zero-order valence-corrected chi connectivity index (χ0v) is 17.8. The second-order valence-electron chi connectivity index (χ2n) is 8.01. The summed E-state index contributed by atoms with van der Waals surface area (Å²) in [6, 6.07) is 6.55. The third-order valence-corrected chi connectivity index (χ3v) is 5.54. The van der Waals surface area contributed by atoms with Gasteiger partial charge in [-0.15, -0.1) is 0 Å². The van der Waals surface area contributed by atoms with Crippen LogP contribution in [0, 0.1) is 11.6 Å². The third-order valence-electron chi connectivity index (χ3n) is 5.54. The number of alkyl halides is 2. The van der Waals surface area contributed by atoms with E-state index in [-0.39, 0.29) is 17.2 Å². The molecule has 4 rings (SSSR count). The number of rotatable bonds is 5. The second-order valence-corrected chi connectivity index (χ2v) is 8.01. The number of phenolic OH excluding ortho intramolecular Hbond substituents is 1. The molecule has 0 aliphatic carbocycles. The van der Waals surface area contributed by atoms with E-state index in [1.807, 2.05) is 6.92 Å². The molecule has 1 amide bonds. The zero-order valence-electron chi connectivity index (χ0n) is 17.8. The van der Waals surface area contributed by atoms with Crippen LogP contribution >= 0.6 is 0 Å². The van der Waals surface area contributed by atoms with Gasteiger partial charge in [0.15, 0.2) is 11.6 Å². The van der Waals surface area contributed by atoms with Gasteiger partial charge in [-0.2, -0.15) is 0 Å². The molecule has 2 heterocycles. The average molecular weight is 459 g/mol. The van der Waals surface area contributed by atoms with Crippen LogP contribution in [-0.4, -0.2) is 34.3 Å². The Hall–Kier alpha value is -3.62. The molecular formula is C24H21F4N3O2. The number of hydrogen-bond acceptors (Lipinski definition) is 4. The number of carbonyl (C=O) groups excluding carboxylic acids is 1. The SMILES string of the molecule is C[C@@H]1CN2C=C(c3ccc(O)c(F)c3)C=C(C(=O)N[C@H](C)c3cccc(C(F)F)c3F)C2=N1. The molecule has 172 valence electrons. The highest BCUT2D eigenvalue weighted by Crippen LogP contribution is 2.31. The number of halogens is 4. The van der Waals surface area contributed by atoms with E-state index in [1.165, 1.54) is 37.3 Å². The molecular weight excluding hydrogens is 438 g/mol. The minimum absolute atomic E-state index is 0.0625. The molecule has 5 nitrogen and oxygen atoms in total. The maximum Gasteiger partial charge on any atom is 0.266 e. The number of nitrogens with one attached hydrogen (secondary N) is 1. The standard InChI is InChI=1S/C24H21F4N3O2/c1-12-10-31-11-15(14-6-7-20(32)19(25)9-14)8-18(23(31)29-12)24(33)30-13(2)16-4-3-5-17(21(16)26)22(27)28/h3-9,11-13,22,32H,10H2,1-2H3,(H,30,33)/t12-,13-/m1/s1. The lowest BCUT2D eigenvalue weighted by molar-refractivity contribution is -0.117. The fraction of sp³-hybridized carbons (Fsp3) is 0.250. The van der Waals surface area contributed by atoms with E-state index in [9.17, 15) is 27.5 Å². The van der Waals surface area contributed by atoms with Gasteiger partial charge in [-0.05, 0) is 43.2 Å². The largest absolute Gasteiger partial charge is 0.505 e. The molecule has 2 aromatic carbocycles. The third kappa shape index (κ3) is 4.35. The molecule has 0 radical (unpaired) electrons. The number of hydrogen-bond donors (Lipinski definition) is 2. The number of phenols is 1. The summed E-state index contributed by atoms with van der Waals surface area (Å²) in [7, 11) is 0. The van der Waals surface area contributed by atoms with Crippen molar-refractivity contribution in [1.29, 1.82) is 0 Å². The van der Waals surface area contributed by atoms with Gasteiger partial charge in [-0.25, -0.2) is 17.6 Å². The molecule has 33 heavy (non-hydrogen) atoms. The Morgan fingerprint density at radius 1 is 1.21 bits per heavy atom. The Morgan fingerprint density at radius 3 is 2.64 bits per heavy atom. The molecule has 0 aromatic heterocycles. The second kappa shape index (κ2) is 8.73. The van der Waals surface area contributed by atoms with E-state index in [0.29, 0.717) is 23.5 Å². The van der Waals surface area contributed by atoms with Crippen molar-refractivity contribution in [3.05, 3.63) is 82.6 Å². The van der Waals surface area contributed by atoms with Crippen LogP contribution in [0.4, 0.5) is 17.6 Å². The number of amides is 1. The lowest BCUT2D eigenvalue weighted by Gasteiger charge is -2.25. The quantitative estimate of drug-likeness (QED) is 0.628. The molecule has 0 unspecified atom stereocenters. The van der Waals surface area contributed by atoms with Crippen molar-refractivity contribution in [3.8, 4) is 5.75 Å². The highest BCUT2D eigenvalue weighted by atomic mass is 19.3. The zero-order chi connectivity index (χ0) is 23.9. The van der Waals surface area contributed by atoms with Crippen LogP contribution in [0.25, 0.3) is 5.57 Å². The number of fused-ring (bicyclic) bond motifs is 1. The Kier molecular flexibility index (Phi) is 5.97. The number of aromatic hydroxyl groups is 1. The lowest BCUT2D eigenvalue weighted by Crippen LogP contribution is -2.37. The van der Waals surface area contributed by atoms with Crippen molar-refractivity contribution < 1.29 is 27.5 Å². The van der Waals surface area contributed by atoms with Gasteiger partial charge in [0, 0.05) is 18.3 Å². The minimum atomic E-state index is -2.98. The maximum atomic E-state index is 14.5. The monoisotopic (exact) mass is 459 g/mol.